The minimum Gasteiger partial charge on any atom is -0.464 e. The molecule has 0 atom stereocenters. The molecule has 2 rings (SSSR count). The lowest BCUT2D eigenvalue weighted by atomic mass is 10.2. The number of methoxy groups -OCH3 is 1. The number of carbonyl (C=O) groups is 1. The molecule has 0 fully saturated rings. The predicted octanol–water partition coefficient (Wildman–Crippen LogP) is 3.84. The number of nitrogens with zero attached hydrogens (tertiary/aromatic N) is 2. The topological polar surface area (TPSA) is 53.3 Å². The smallest absolute Gasteiger partial charge is 0.356 e. The van der Waals surface area contributed by atoms with Crippen LogP contribution in [-0.4, -0.2) is 37.8 Å². The molecule has 0 amide bonds. The van der Waals surface area contributed by atoms with Crippen LogP contribution in [0.2, 0.25) is 18.1 Å². The van der Waals surface area contributed by atoms with Crippen LogP contribution in [0, 0.1) is 0 Å². The highest BCUT2D eigenvalue weighted by molar-refractivity contribution is 6.74. The van der Waals surface area contributed by atoms with Gasteiger partial charge in [0, 0.05) is 5.39 Å². The predicted molar refractivity (Wildman–Crippen MR) is 94.2 cm³/mol. The van der Waals surface area contributed by atoms with Crippen LogP contribution < -0.4 is 0 Å². The first kappa shape index (κ1) is 17.7. The van der Waals surface area contributed by atoms with Crippen LogP contribution in [0.4, 0.5) is 0 Å². The molecule has 1 aromatic carbocycles. The van der Waals surface area contributed by atoms with Crippen LogP contribution in [0.15, 0.2) is 24.3 Å². The van der Waals surface area contributed by atoms with E-state index in [2.05, 4.69) is 39.0 Å². The minimum atomic E-state index is -1.81. The van der Waals surface area contributed by atoms with E-state index in [4.69, 9.17) is 9.16 Å². The second kappa shape index (κ2) is 6.45. The van der Waals surface area contributed by atoms with Crippen molar-refractivity contribution in [2.75, 3.05) is 13.7 Å². The third-order valence-electron chi connectivity index (χ3n) is 4.60. The SMILES string of the molecule is COC(=O)c1c2ccccc2nn1CCO[Si](C)(C)C(C)(C)C. The van der Waals surface area contributed by atoms with Gasteiger partial charge in [-0.2, -0.15) is 5.10 Å². The standard InChI is InChI=1S/C17H26N2O3Si/c1-17(2,3)23(5,6)22-12-11-19-15(16(20)21-4)13-9-7-8-10-14(13)18-19/h7-10H,11-12H2,1-6H3. The Morgan fingerprint density at radius 2 is 1.91 bits per heavy atom. The van der Waals surface area contributed by atoms with E-state index < -0.39 is 8.32 Å². The van der Waals surface area contributed by atoms with Crippen LogP contribution in [0.5, 0.6) is 0 Å². The van der Waals surface area contributed by atoms with E-state index in [0.29, 0.717) is 18.8 Å². The largest absolute Gasteiger partial charge is 0.464 e. The van der Waals surface area contributed by atoms with Gasteiger partial charge < -0.3 is 9.16 Å². The molecule has 0 aliphatic heterocycles. The lowest BCUT2D eigenvalue weighted by Crippen LogP contribution is -2.41. The first-order valence-corrected chi connectivity index (χ1v) is 10.8. The van der Waals surface area contributed by atoms with Crippen molar-refractivity contribution in [1.29, 1.82) is 0 Å². The summed E-state index contributed by atoms with van der Waals surface area (Å²) in [6.07, 6.45) is 0. The van der Waals surface area contributed by atoms with E-state index in [1.165, 1.54) is 7.11 Å². The van der Waals surface area contributed by atoms with Gasteiger partial charge in [0.05, 0.1) is 25.8 Å². The van der Waals surface area contributed by atoms with Crippen molar-refractivity contribution in [3.8, 4) is 0 Å². The van der Waals surface area contributed by atoms with Crippen molar-refractivity contribution in [1.82, 2.24) is 9.78 Å². The third kappa shape index (κ3) is 3.64. The van der Waals surface area contributed by atoms with Gasteiger partial charge in [0.1, 0.15) is 0 Å². The summed E-state index contributed by atoms with van der Waals surface area (Å²) < 4.78 is 12.8. The number of fused-ring (bicyclic) bond motifs is 1. The fourth-order valence-corrected chi connectivity index (χ4v) is 3.19. The van der Waals surface area contributed by atoms with Gasteiger partial charge in [-0.1, -0.05) is 39.0 Å². The van der Waals surface area contributed by atoms with Crippen molar-refractivity contribution >= 4 is 25.2 Å². The quantitative estimate of drug-likeness (QED) is 0.616. The molecule has 0 bridgehead atoms. The second-order valence-electron chi connectivity index (χ2n) is 7.19. The molecule has 0 aliphatic rings. The zero-order chi connectivity index (χ0) is 17.3. The van der Waals surface area contributed by atoms with Crippen molar-refractivity contribution in [2.45, 2.75) is 45.4 Å². The van der Waals surface area contributed by atoms with Crippen LogP contribution in [-0.2, 0) is 15.7 Å². The molecule has 0 saturated heterocycles. The minimum absolute atomic E-state index is 0.160. The van der Waals surface area contributed by atoms with Gasteiger partial charge in [-0.3, -0.25) is 4.68 Å². The molecular formula is C17H26N2O3Si. The van der Waals surface area contributed by atoms with Crippen molar-refractivity contribution < 1.29 is 14.0 Å². The second-order valence-corrected chi connectivity index (χ2v) is 12.0. The molecule has 1 heterocycles. The summed E-state index contributed by atoms with van der Waals surface area (Å²) in [6, 6.07) is 7.59. The van der Waals surface area contributed by atoms with Crippen LogP contribution in [0.3, 0.4) is 0 Å². The Balaban J connectivity index is 2.22. The summed E-state index contributed by atoms with van der Waals surface area (Å²) in [5.41, 5.74) is 1.28. The number of hydrogen-bond donors (Lipinski definition) is 0. The number of rotatable bonds is 5. The van der Waals surface area contributed by atoms with E-state index in [1.807, 2.05) is 24.3 Å². The summed E-state index contributed by atoms with van der Waals surface area (Å²) in [5.74, 6) is -0.369. The Morgan fingerprint density at radius 3 is 2.52 bits per heavy atom. The Morgan fingerprint density at radius 1 is 1.26 bits per heavy atom. The number of aromatic nitrogens is 2. The summed E-state index contributed by atoms with van der Waals surface area (Å²) in [7, 11) is -0.419. The lowest BCUT2D eigenvalue weighted by Gasteiger charge is -2.36. The molecule has 126 valence electrons. The normalized spacial score (nSPS) is 12.6. The maximum Gasteiger partial charge on any atom is 0.356 e. The summed E-state index contributed by atoms with van der Waals surface area (Å²) in [4.78, 5) is 12.1. The number of carbonyl (C=O) groups excluding carboxylic acids is 1. The lowest BCUT2D eigenvalue weighted by molar-refractivity contribution is 0.0587. The first-order chi connectivity index (χ1) is 10.7. The number of ether oxygens (including phenoxy) is 1. The molecule has 1 aromatic heterocycles. The number of benzene rings is 1. The fraction of sp³-hybridized carbons (Fsp3) is 0.529. The van der Waals surface area contributed by atoms with Crippen LogP contribution >= 0.6 is 0 Å². The Bertz CT molecular complexity index is 701. The maximum atomic E-state index is 12.1. The Kier molecular flexibility index (Phi) is 4.96. The number of esters is 1. The molecule has 0 aliphatic carbocycles. The molecule has 23 heavy (non-hydrogen) atoms. The monoisotopic (exact) mass is 334 g/mol. The highest BCUT2D eigenvalue weighted by atomic mass is 28.4. The first-order valence-electron chi connectivity index (χ1n) is 7.85. The molecule has 6 heteroatoms. The summed E-state index contributed by atoms with van der Waals surface area (Å²) >= 11 is 0. The van der Waals surface area contributed by atoms with Gasteiger partial charge in [-0.15, -0.1) is 0 Å². The van der Waals surface area contributed by atoms with Gasteiger partial charge in [-0.25, -0.2) is 4.79 Å². The van der Waals surface area contributed by atoms with Gasteiger partial charge in [0.15, 0.2) is 14.0 Å². The highest BCUT2D eigenvalue weighted by Gasteiger charge is 2.37. The van der Waals surface area contributed by atoms with E-state index in [-0.39, 0.29) is 11.0 Å². The molecule has 0 saturated carbocycles. The van der Waals surface area contributed by atoms with Gasteiger partial charge in [0.2, 0.25) is 0 Å². The van der Waals surface area contributed by atoms with Crippen molar-refractivity contribution in [3.63, 3.8) is 0 Å². The van der Waals surface area contributed by atoms with E-state index >= 15 is 0 Å². The van der Waals surface area contributed by atoms with E-state index in [0.717, 1.165) is 10.9 Å². The summed E-state index contributed by atoms with van der Waals surface area (Å²) in [6.45, 7) is 12.1. The molecular weight excluding hydrogens is 308 g/mol. The molecule has 5 nitrogen and oxygen atoms in total. The average molecular weight is 334 g/mol. The summed E-state index contributed by atoms with van der Waals surface area (Å²) in [5, 5.41) is 5.49. The third-order valence-corrected chi connectivity index (χ3v) is 9.13. The average Bonchev–Trinajstić information content (AvgIpc) is 2.83. The van der Waals surface area contributed by atoms with Gasteiger partial charge in [-0.05, 0) is 24.2 Å². The molecule has 0 N–H and O–H groups in total. The van der Waals surface area contributed by atoms with E-state index in [1.54, 1.807) is 4.68 Å². The van der Waals surface area contributed by atoms with E-state index in [9.17, 15) is 4.79 Å². The van der Waals surface area contributed by atoms with Crippen LogP contribution in [0.1, 0.15) is 31.3 Å². The molecule has 2 aromatic rings. The van der Waals surface area contributed by atoms with Gasteiger partial charge in [0.25, 0.3) is 0 Å². The van der Waals surface area contributed by atoms with Crippen molar-refractivity contribution in [2.24, 2.45) is 0 Å². The zero-order valence-electron chi connectivity index (χ0n) is 14.8. The maximum absolute atomic E-state index is 12.1. The van der Waals surface area contributed by atoms with Crippen LogP contribution in [0.25, 0.3) is 10.9 Å². The van der Waals surface area contributed by atoms with Crippen molar-refractivity contribution in [3.05, 3.63) is 30.0 Å². The molecule has 0 radical (unpaired) electrons. The Labute approximate surface area is 138 Å². The molecule has 0 unspecified atom stereocenters. The fourth-order valence-electron chi connectivity index (χ4n) is 2.16. The number of hydrogen-bond acceptors (Lipinski definition) is 4. The Hall–Kier alpha value is -1.66. The highest BCUT2D eigenvalue weighted by Crippen LogP contribution is 2.36. The zero-order valence-corrected chi connectivity index (χ0v) is 15.8. The molecule has 0 spiro atoms. The van der Waals surface area contributed by atoms with Gasteiger partial charge >= 0.3 is 5.97 Å².